The van der Waals surface area contributed by atoms with E-state index < -0.39 is 24.0 Å². The average Bonchev–Trinajstić information content (AvgIpc) is 3.37. The SMILES string of the molecule is CCCCCCCCCCCCCCCCCC(=O)NC(C(=O)NC(Cc1cnc[nH]1)C(=O)O)C(C)C. The lowest BCUT2D eigenvalue weighted by Gasteiger charge is -2.24. The standard InChI is InChI=1S/C29H52N4O4/c1-4-5-6-7-8-9-10-11-12-13-14-15-16-17-18-19-26(34)33-27(23(2)3)28(35)32-25(29(36)37)20-24-21-30-22-31-24/h21-23,25,27H,4-20H2,1-3H3,(H,30,31)(H,32,35)(H,33,34)(H,36,37). The zero-order valence-electron chi connectivity index (χ0n) is 23.5. The Morgan fingerprint density at radius 2 is 1.35 bits per heavy atom. The Morgan fingerprint density at radius 3 is 1.78 bits per heavy atom. The zero-order valence-corrected chi connectivity index (χ0v) is 23.5. The predicted octanol–water partition coefficient (Wildman–Crippen LogP) is 5.92. The van der Waals surface area contributed by atoms with E-state index in [4.69, 9.17) is 0 Å². The van der Waals surface area contributed by atoms with Crippen LogP contribution in [0.15, 0.2) is 12.5 Å². The Bertz CT molecular complexity index is 736. The number of hydrogen-bond acceptors (Lipinski definition) is 4. The quantitative estimate of drug-likeness (QED) is 0.133. The van der Waals surface area contributed by atoms with Gasteiger partial charge >= 0.3 is 5.97 Å². The molecule has 0 spiro atoms. The zero-order chi connectivity index (χ0) is 27.3. The van der Waals surface area contributed by atoms with Crippen molar-refractivity contribution in [2.75, 3.05) is 0 Å². The molecule has 1 aromatic rings. The lowest BCUT2D eigenvalue weighted by molar-refractivity contribution is -0.142. The molecule has 37 heavy (non-hydrogen) atoms. The van der Waals surface area contributed by atoms with Crippen LogP contribution in [0.5, 0.6) is 0 Å². The van der Waals surface area contributed by atoms with Gasteiger partial charge < -0.3 is 20.7 Å². The molecule has 1 aromatic heterocycles. The van der Waals surface area contributed by atoms with Crippen LogP contribution in [-0.2, 0) is 20.8 Å². The molecule has 2 unspecified atom stereocenters. The number of amides is 2. The maximum absolute atomic E-state index is 12.8. The normalized spacial score (nSPS) is 12.9. The fourth-order valence-corrected chi connectivity index (χ4v) is 4.52. The molecule has 8 nitrogen and oxygen atoms in total. The number of H-pyrrole nitrogens is 1. The summed E-state index contributed by atoms with van der Waals surface area (Å²) in [6, 6.07) is -1.87. The minimum atomic E-state index is -1.13. The molecule has 0 aliphatic rings. The number of carboxylic acids is 1. The van der Waals surface area contributed by atoms with Crippen molar-refractivity contribution >= 4 is 17.8 Å². The van der Waals surface area contributed by atoms with Gasteiger partial charge in [0.15, 0.2) is 0 Å². The number of unbranched alkanes of at least 4 members (excludes halogenated alkanes) is 14. The Morgan fingerprint density at radius 1 is 0.838 bits per heavy atom. The highest BCUT2D eigenvalue weighted by Crippen LogP contribution is 2.14. The highest BCUT2D eigenvalue weighted by molar-refractivity contribution is 5.90. The number of carbonyl (C=O) groups excluding carboxylic acids is 2. The molecule has 4 N–H and O–H groups in total. The minimum Gasteiger partial charge on any atom is -0.480 e. The van der Waals surface area contributed by atoms with E-state index in [1.807, 2.05) is 13.8 Å². The van der Waals surface area contributed by atoms with Crippen molar-refractivity contribution in [2.45, 2.75) is 142 Å². The van der Waals surface area contributed by atoms with Crippen LogP contribution in [0.4, 0.5) is 0 Å². The smallest absolute Gasteiger partial charge is 0.326 e. The van der Waals surface area contributed by atoms with Gasteiger partial charge in [0.25, 0.3) is 0 Å². The third-order valence-corrected chi connectivity index (χ3v) is 6.87. The van der Waals surface area contributed by atoms with Gasteiger partial charge in [0.1, 0.15) is 12.1 Å². The summed E-state index contributed by atoms with van der Waals surface area (Å²) >= 11 is 0. The number of nitrogens with zero attached hydrogens (tertiary/aromatic N) is 1. The van der Waals surface area contributed by atoms with E-state index in [1.54, 1.807) is 0 Å². The van der Waals surface area contributed by atoms with Crippen LogP contribution in [0.3, 0.4) is 0 Å². The van der Waals surface area contributed by atoms with Gasteiger partial charge in [0.2, 0.25) is 11.8 Å². The molecular formula is C29H52N4O4. The van der Waals surface area contributed by atoms with Gasteiger partial charge in [-0.3, -0.25) is 9.59 Å². The minimum absolute atomic E-state index is 0.0962. The highest BCUT2D eigenvalue weighted by Gasteiger charge is 2.28. The first-order valence-electron chi connectivity index (χ1n) is 14.6. The summed E-state index contributed by atoms with van der Waals surface area (Å²) in [5.41, 5.74) is 0.617. The maximum Gasteiger partial charge on any atom is 0.326 e. The first kappa shape index (κ1) is 32.6. The second kappa shape index (κ2) is 20.7. The number of rotatable bonds is 23. The topological polar surface area (TPSA) is 124 Å². The molecule has 0 aliphatic carbocycles. The summed E-state index contributed by atoms with van der Waals surface area (Å²) in [4.78, 5) is 43.5. The predicted molar refractivity (Wildman–Crippen MR) is 148 cm³/mol. The first-order chi connectivity index (χ1) is 17.8. The van der Waals surface area contributed by atoms with Gasteiger partial charge in [-0.1, -0.05) is 111 Å². The van der Waals surface area contributed by atoms with E-state index >= 15 is 0 Å². The van der Waals surface area contributed by atoms with Crippen LogP contribution in [0.25, 0.3) is 0 Å². The Kier molecular flexibility index (Phi) is 18.2. The maximum atomic E-state index is 12.8. The van der Waals surface area contributed by atoms with Crippen molar-refractivity contribution in [3.63, 3.8) is 0 Å². The number of nitrogens with one attached hydrogen (secondary N) is 3. The van der Waals surface area contributed by atoms with Crippen LogP contribution < -0.4 is 10.6 Å². The van der Waals surface area contributed by atoms with Gasteiger partial charge in [0.05, 0.1) is 6.33 Å². The van der Waals surface area contributed by atoms with Crippen LogP contribution in [0, 0.1) is 5.92 Å². The number of aromatic amines is 1. The van der Waals surface area contributed by atoms with Crippen LogP contribution in [-0.4, -0.2) is 44.9 Å². The highest BCUT2D eigenvalue weighted by atomic mass is 16.4. The van der Waals surface area contributed by atoms with Crippen molar-refractivity contribution in [2.24, 2.45) is 5.92 Å². The second-order valence-electron chi connectivity index (χ2n) is 10.7. The molecule has 0 bridgehead atoms. The number of imidazole rings is 1. The van der Waals surface area contributed by atoms with Crippen LogP contribution in [0.2, 0.25) is 0 Å². The summed E-state index contributed by atoms with van der Waals surface area (Å²) in [6.45, 7) is 5.93. The summed E-state index contributed by atoms with van der Waals surface area (Å²) < 4.78 is 0. The van der Waals surface area contributed by atoms with Crippen molar-refractivity contribution in [3.8, 4) is 0 Å². The van der Waals surface area contributed by atoms with Gasteiger partial charge in [-0.25, -0.2) is 9.78 Å². The average molecular weight is 521 g/mol. The molecule has 2 atom stereocenters. The Balaban J connectivity index is 2.15. The van der Waals surface area contributed by atoms with Crippen molar-refractivity contribution < 1.29 is 19.5 Å². The van der Waals surface area contributed by atoms with E-state index in [0.717, 1.165) is 19.3 Å². The molecule has 0 saturated carbocycles. The summed E-state index contributed by atoms with van der Waals surface area (Å²) in [5, 5.41) is 14.9. The molecule has 8 heteroatoms. The third-order valence-electron chi connectivity index (χ3n) is 6.87. The lowest BCUT2D eigenvalue weighted by Crippen LogP contribution is -2.54. The number of carbonyl (C=O) groups is 3. The van der Waals surface area contributed by atoms with Crippen molar-refractivity contribution in [1.29, 1.82) is 0 Å². The summed E-state index contributed by atoms with van der Waals surface area (Å²) in [7, 11) is 0. The van der Waals surface area contributed by atoms with Gasteiger partial charge in [-0.15, -0.1) is 0 Å². The second-order valence-corrected chi connectivity index (χ2v) is 10.7. The number of aliphatic carboxylic acids is 1. The van der Waals surface area contributed by atoms with Crippen LogP contribution >= 0.6 is 0 Å². The molecule has 0 saturated heterocycles. The van der Waals surface area contributed by atoms with Crippen molar-refractivity contribution in [1.82, 2.24) is 20.6 Å². The first-order valence-corrected chi connectivity index (χ1v) is 14.6. The monoisotopic (exact) mass is 520 g/mol. The number of hydrogen-bond donors (Lipinski definition) is 4. The Labute approximate surface area is 224 Å². The van der Waals surface area contributed by atoms with Gasteiger partial charge in [-0.05, 0) is 12.3 Å². The molecule has 1 heterocycles. The molecule has 0 radical (unpaired) electrons. The van der Waals surface area contributed by atoms with E-state index in [2.05, 4.69) is 27.5 Å². The molecule has 0 aliphatic heterocycles. The number of carboxylic acid groups (broad SMARTS) is 1. The van der Waals surface area contributed by atoms with E-state index in [0.29, 0.717) is 12.1 Å². The Hall–Kier alpha value is -2.38. The molecular weight excluding hydrogens is 468 g/mol. The van der Waals surface area contributed by atoms with Gasteiger partial charge in [0, 0.05) is 24.7 Å². The molecule has 0 fully saturated rings. The fourth-order valence-electron chi connectivity index (χ4n) is 4.52. The van der Waals surface area contributed by atoms with E-state index in [9.17, 15) is 19.5 Å². The lowest BCUT2D eigenvalue weighted by atomic mass is 10.0. The van der Waals surface area contributed by atoms with E-state index in [-0.39, 0.29) is 18.2 Å². The number of aromatic nitrogens is 2. The van der Waals surface area contributed by atoms with Gasteiger partial charge in [-0.2, -0.15) is 0 Å². The molecule has 212 valence electrons. The van der Waals surface area contributed by atoms with Crippen molar-refractivity contribution in [3.05, 3.63) is 18.2 Å². The van der Waals surface area contributed by atoms with Crippen LogP contribution in [0.1, 0.15) is 129 Å². The third kappa shape index (κ3) is 16.2. The fraction of sp³-hybridized carbons (Fsp3) is 0.793. The summed E-state index contributed by atoms with van der Waals surface area (Å²) in [6.07, 6.45) is 22.5. The molecule has 2 amide bonds. The largest absolute Gasteiger partial charge is 0.480 e. The summed E-state index contributed by atoms with van der Waals surface area (Å²) in [5.74, 6) is -1.93. The molecule has 1 rings (SSSR count). The molecule has 0 aromatic carbocycles. The van der Waals surface area contributed by atoms with E-state index in [1.165, 1.54) is 89.6 Å².